The van der Waals surface area contributed by atoms with Crippen LogP contribution in [0.4, 0.5) is 0 Å². The van der Waals surface area contributed by atoms with Gasteiger partial charge in [-0.1, -0.05) is 64.1 Å². The molecule has 1 aromatic heterocycles. The molecule has 4 rings (SSSR count). The number of amides is 2. The number of ketones is 1. The van der Waals surface area contributed by atoms with Crippen molar-refractivity contribution < 1.29 is 25.0 Å². The average molecular weight is 612 g/mol. The molecule has 41 heavy (non-hydrogen) atoms. The van der Waals surface area contributed by atoms with Crippen molar-refractivity contribution >= 4 is 41.8 Å². The van der Waals surface area contributed by atoms with Crippen molar-refractivity contribution in [3.63, 3.8) is 0 Å². The van der Waals surface area contributed by atoms with Crippen molar-refractivity contribution in [1.29, 1.82) is 0 Å². The summed E-state index contributed by atoms with van der Waals surface area (Å²) in [7, 11) is 0. The molecule has 1 aliphatic heterocycles. The van der Waals surface area contributed by atoms with Crippen LogP contribution in [0.3, 0.4) is 0 Å². The van der Waals surface area contributed by atoms with Gasteiger partial charge in [-0.2, -0.15) is 0 Å². The van der Waals surface area contributed by atoms with Crippen molar-refractivity contribution in [3.05, 3.63) is 41.3 Å². The molecule has 0 unspecified atom stereocenters. The highest BCUT2D eigenvalue weighted by Crippen LogP contribution is 2.26. The summed E-state index contributed by atoms with van der Waals surface area (Å²) in [6.45, 7) is 7.71. The van der Waals surface area contributed by atoms with E-state index >= 15 is 0 Å². The summed E-state index contributed by atoms with van der Waals surface area (Å²) in [6.07, 6.45) is 5.40. The first-order valence-corrected chi connectivity index (χ1v) is 15.0. The van der Waals surface area contributed by atoms with Gasteiger partial charge in [0.2, 0.25) is 11.7 Å². The second kappa shape index (κ2) is 16.8. The van der Waals surface area contributed by atoms with Crippen LogP contribution in [0.25, 0.3) is 0 Å². The molecule has 2 fully saturated rings. The summed E-state index contributed by atoms with van der Waals surface area (Å²) in [6, 6.07) is 6.54. The summed E-state index contributed by atoms with van der Waals surface area (Å²) in [5.74, 6) is -1.17. The zero-order valence-electron chi connectivity index (χ0n) is 23.4. The Morgan fingerprint density at radius 2 is 1.83 bits per heavy atom. The molecule has 2 amide bonds. The Labute approximate surface area is 255 Å². The zero-order chi connectivity index (χ0) is 27.8. The highest BCUT2D eigenvalue weighted by Gasteiger charge is 2.36. The highest BCUT2D eigenvalue weighted by atomic mass is 35.5. The maximum Gasteiger partial charge on any atom is 0.286 e. The van der Waals surface area contributed by atoms with Crippen molar-refractivity contribution in [3.8, 4) is 0 Å². The third-order valence-electron chi connectivity index (χ3n) is 7.31. The smallest absolute Gasteiger partial charge is 0.286 e. The summed E-state index contributed by atoms with van der Waals surface area (Å²) in [5.41, 5.74) is 1.59. The summed E-state index contributed by atoms with van der Waals surface area (Å²) in [5, 5.41) is 14.1. The molecular weight excluding hydrogens is 566 g/mol. The SMILES string of the molecule is C.CSc1nnc(C(=O)[C@H](CC(C)C)NC(=O)[C@@H]2CCCC[C@@H]2NC(=O)c2ccccc2CN2CCOCC2)o1.Cl.[HH]. The fraction of sp³-hybridized carbons (Fsp3) is 0.621. The molecule has 2 N–H and O–H groups in total. The molecule has 2 aromatic rings. The van der Waals surface area contributed by atoms with Crippen LogP contribution in [0.5, 0.6) is 0 Å². The normalized spacial score (nSPS) is 19.9. The number of aromatic nitrogens is 2. The number of nitrogens with zero attached hydrogens (tertiary/aromatic N) is 3. The average Bonchev–Trinajstić information content (AvgIpc) is 3.42. The van der Waals surface area contributed by atoms with Gasteiger partial charge in [0.15, 0.2) is 0 Å². The third-order valence-corrected chi connectivity index (χ3v) is 7.83. The van der Waals surface area contributed by atoms with E-state index in [0.29, 0.717) is 49.8 Å². The highest BCUT2D eigenvalue weighted by molar-refractivity contribution is 7.98. The lowest BCUT2D eigenvalue weighted by Crippen LogP contribution is -2.52. The second-order valence-electron chi connectivity index (χ2n) is 10.6. The van der Waals surface area contributed by atoms with E-state index < -0.39 is 17.7 Å². The van der Waals surface area contributed by atoms with Gasteiger partial charge in [0, 0.05) is 32.7 Å². The maximum absolute atomic E-state index is 13.5. The van der Waals surface area contributed by atoms with Crippen LogP contribution in [-0.2, 0) is 16.1 Å². The van der Waals surface area contributed by atoms with E-state index in [2.05, 4.69) is 25.7 Å². The molecule has 0 radical (unpaired) electrons. The Balaban J connectivity index is 0.00000294. The molecular formula is C29H46ClN5O5S. The molecule has 2 heterocycles. The molecule has 1 aliphatic carbocycles. The number of carbonyl (C=O) groups is 3. The lowest BCUT2D eigenvalue weighted by molar-refractivity contribution is -0.127. The molecule has 1 aromatic carbocycles. The molecule has 3 atom stereocenters. The molecule has 0 spiro atoms. The van der Waals surface area contributed by atoms with Crippen molar-refractivity contribution in [1.82, 2.24) is 25.7 Å². The van der Waals surface area contributed by atoms with Crippen molar-refractivity contribution in [2.45, 2.75) is 77.2 Å². The largest absolute Gasteiger partial charge is 0.408 e. The number of ether oxygens (including phenoxy) is 1. The van der Waals surface area contributed by atoms with E-state index in [-0.39, 0.29) is 50.9 Å². The van der Waals surface area contributed by atoms with Gasteiger partial charge in [-0.3, -0.25) is 19.3 Å². The van der Waals surface area contributed by atoms with Gasteiger partial charge in [-0.15, -0.1) is 22.6 Å². The van der Waals surface area contributed by atoms with E-state index in [1.807, 2.05) is 38.1 Å². The Bertz CT molecular complexity index is 1150. The lowest BCUT2D eigenvalue weighted by atomic mass is 9.83. The predicted molar refractivity (Wildman–Crippen MR) is 164 cm³/mol. The molecule has 1 saturated carbocycles. The van der Waals surface area contributed by atoms with Crippen LogP contribution in [0.2, 0.25) is 0 Å². The van der Waals surface area contributed by atoms with E-state index in [1.165, 1.54) is 11.8 Å². The van der Waals surface area contributed by atoms with Crippen LogP contribution < -0.4 is 10.6 Å². The quantitative estimate of drug-likeness (QED) is 0.276. The number of hydrogen-bond donors (Lipinski definition) is 2. The molecule has 10 nitrogen and oxygen atoms in total. The molecule has 2 aliphatic rings. The third kappa shape index (κ3) is 9.52. The Hall–Kier alpha value is -2.47. The first kappa shape index (κ1) is 34.7. The zero-order valence-corrected chi connectivity index (χ0v) is 25.0. The maximum atomic E-state index is 13.5. The van der Waals surface area contributed by atoms with E-state index in [9.17, 15) is 14.4 Å². The van der Waals surface area contributed by atoms with Crippen LogP contribution in [0, 0.1) is 11.8 Å². The van der Waals surface area contributed by atoms with Gasteiger partial charge >= 0.3 is 0 Å². The first-order chi connectivity index (χ1) is 18.9. The number of thioether (sulfide) groups is 1. The fourth-order valence-electron chi connectivity index (χ4n) is 5.27. The first-order valence-electron chi connectivity index (χ1n) is 13.8. The van der Waals surface area contributed by atoms with Crippen LogP contribution in [0.1, 0.15) is 81.4 Å². The number of nitrogens with one attached hydrogen (secondary N) is 2. The van der Waals surface area contributed by atoms with Crippen molar-refractivity contribution in [2.75, 3.05) is 32.6 Å². The lowest BCUT2D eigenvalue weighted by Gasteiger charge is -2.33. The van der Waals surface area contributed by atoms with E-state index in [4.69, 9.17) is 9.15 Å². The number of carbonyl (C=O) groups excluding carboxylic acids is 3. The van der Waals surface area contributed by atoms with E-state index in [0.717, 1.165) is 31.5 Å². The van der Waals surface area contributed by atoms with Gasteiger partial charge in [-0.25, -0.2) is 0 Å². The van der Waals surface area contributed by atoms with Crippen LogP contribution >= 0.6 is 24.2 Å². The Morgan fingerprint density at radius 3 is 2.51 bits per heavy atom. The van der Waals surface area contributed by atoms with Gasteiger partial charge in [0.05, 0.1) is 25.2 Å². The van der Waals surface area contributed by atoms with Gasteiger partial charge < -0.3 is 19.8 Å². The Kier molecular flexibility index (Phi) is 14.3. The number of rotatable bonds is 11. The summed E-state index contributed by atoms with van der Waals surface area (Å²) >= 11 is 1.26. The van der Waals surface area contributed by atoms with Crippen LogP contribution in [-0.4, -0.2) is 77.3 Å². The molecule has 230 valence electrons. The second-order valence-corrected chi connectivity index (χ2v) is 11.4. The monoisotopic (exact) mass is 611 g/mol. The van der Waals surface area contributed by atoms with Crippen LogP contribution in [0.15, 0.2) is 33.9 Å². The van der Waals surface area contributed by atoms with Gasteiger partial charge in [-0.05, 0) is 43.1 Å². The van der Waals surface area contributed by atoms with Gasteiger partial charge in [0.1, 0.15) is 0 Å². The number of Topliss-reactive ketones (excluding diaryl/α,β-unsaturated/α-hetero) is 1. The minimum absolute atomic E-state index is 0. The molecule has 1 saturated heterocycles. The van der Waals surface area contributed by atoms with Crippen molar-refractivity contribution in [2.24, 2.45) is 11.8 Å². The number of morpholine rings is 1. The fourth-order valence-corrected chi connectivity index (χ4v) is 5.55. The number of benzene rings is 1. The molecule has 12 heteroatoms. The standard InChI is InChI=1S/C28H39N5O5S.CH4.ClH.H2/c1-18(2)16-23(24(34)27-31-32-28(38-27)39-3)30-26(36)21-10-6-7-11-22(21)29-25(35)20-9-5-4-8-19(20)17-33-12-14-37-15-13-33;;;/h4-5,8-9,18,21-23H,6-7,10-17H2,1-3H3,(H,29,35)(H,30,36);1H4;2*1H/t21-,22+,23+;;;/m1.../s1. The van der Waals surface area contributed by atoms with Gasteiger partial charge in [0.25, 0.3) is 17.0 Å². The number of halogens is 1. The minimum Gasteiger partial charge on any atom is -0.408 e. The van der Waals surface area contributed by atoms with E-state index in [1.54, 1.807) is 6.26 Å². The molecule has 0 bridgehead atoms. The summed E-state index contributed by atoms with van der Waals surface area (Å²) < 4.78 is 10.9. The summed E-state index contributed by atoms with van der Waals surface area (Å²) in [4.78, 5) is 42.5. The Morgan fingerprint density at radius 1 is 1.12 bits per heavy atom. The topological polar surface area (TPSA) is 127 Å². The predicted octanol–water partition coefficient (Wildman–Crippen LogP) is 4.63. The number of hydrogen-bond acceptors (Lipinski definition) is 9. The minimum atomic E-state index is -0.778.